The molecule has 0 radical (unpaired) electrons. The molecule has 1 fully saturated rings. The van der Waals surface area contributed by atoms with Gasteiger partial charge in [-0.05, 0) is 86.2 Å². The summed E-state index contributed by atoms with van der Waals surface area (Å²) in [5, 5.41) is 6.04. The van der Waals surface area contributed by atoms with E-state index < -0.39 is 0 Å². The lowest BCUT2D eigenvalue weighted by atomic mass is 10.1. The van der Waals surface area contributed by atoms with Crippen molar-refractivity contribution in [1.82, 2.24) is 5.32 Å². The van der Waals surface area contributed by atoms with Crippen LogP contribution in [-0.2, 0) is 9.59 Å². The molecule has 0 unspecified atom stereocenters. The summed E-state index contributed by atoms with van der Waals surface area (Å²) in [5.41, 5.74) is 2.37. The maximum absolute atomic E-state index is 13.1. The molecule has 0 bridgehead atoms. The number of rotatable bonds is 10. The van der Waals surface area contributed by atoms with Crippen LogP contribution >= 0.6 is 12.2 Å². The number of anilines is 2. The summed E-state index contributed by atoms with van der Waals surface area (Å²) >= 11 is 5.41. The monoisotopic (exact) mass is 517 g/mol. The molecule has 1 heterocycles. The second-order valence-electron chi connectivity index (χ2n) is 7.90. The van der Waals surface area contributed by atoms with E-state index in [2.05, 4.69) is 10.6 Å². The molecule has 0 atom stereocenters. The normalized spacial score (nSPS) is 13.9. The number of benzene rings is 3. The molecule has 0 aliphatic carbocycles. The average Bonchev–Trinajstić information content (AvgIpc) is 3.17. The lowest BCUT2D eigenvalue weighted by molar-refractivity contribution is -0.118. The number of nitrogens with one attached hydrogen (secondary N) is 2. The first-order valence-electron chi connectivity index (χ1n) is 11.8. The van der Waals surface area contributed by atoms with E-state index in [-0.39, 0.29) is 23.5 Å². The van der Waals surface area contributed by atoms with Gasteiger partial charge in [0.15, 0.2) is 23.2 Å². The van der Waals surface area contributed by atoms with Crippen molar-refractivity contribution in [1.29, 1.82) is 0 Å². The van der Waals surface area contributed by atoms with Gasteiger partial charge in [0.2, 0.25) is 0 Å². The summed E-state index contributed by atoms with van der Waals surface area (Å²) in [7, 11) is 0. The van der Waals surface area contributed by atoms with Crippen LogP contribution in [0.3, 0.4) is 0 Å². The number of nitrogens with zero attached hydrogens (tertiary/aromatic N) is 1. The smallest absolute Gasteiger partial charge is 0.281 e. The number of thiocarbonyl (C=S) groups is 1. The number of amides is 2. The zero-order valence-electron chi connectivity index (χ0n) is 20.5. The Hall–Kier alpha value is -4.37. The van der Waals surface area contributed by atoms with Gasteiger partial charge in [0, 0.05) is 5.69 Å². The Morgan fingerprint density at radius 2 is 1.68 bits per heavy atom. The predicted molar refractivity (Wildman–Crippen MR) is 147 cm³/mol. The summed E-state index contributed by atoms with van der Waals surface area (Å²) < 4.78 is 16.9. The zero-order valence-corrected chi connectivity index (χ0v) is 21.3. The highest BCUT2D eigenvalue weighted by Crippen LogP contribution is 2.30. The first-order valence-corrected chi connectivity index (χ1v) is 12.2. The molecule has 1 saturated heterocycles. The highest BCUT2D eigenvalue weighted by Gasteiger charge is 2.32. The van der Waals surface area contributed by atoms with Crippen LogP contribution in [0.2, 0.25) is 0 Å². The van der Waals surface area contributed by atoms with Crippen molar-refractivity contribution in [2.75, 3.05) is 30.0 Å². The lowest BCUT2D eigenvalue weighted by Gasteiger charge is -2.14. The zero-order chi connectivity index (χ0) is 26.2. The van der Waals surface area contributed by atoms with Crippen molar-refractivity contribution in [2.45, 2.75) is 13.8 Å². The van der Waals surface area contributed by atoms with Gasteiger partial charge in [-0.3, -0.25) is 14.5 Å². The van der Waals surface area contributed by atoms with Crippen molar-refractivity contribution < 1.29 is 23.8 Å². The molecule has 3 aromatic rings. The van der Waals surface area contributed by atoms with Crippen molar-refractivity contribution in [2.24, 2.45) is 0 Å². The van der Waals surface area contributed by atoms with Gasteiger partial charge in [0.1, 0.15) is 11.4 Å². The van der Waals surface area contributed by atoms with Gasteiger partial charge in [-0.25, -0.2) is 0 Å². The quantitative estimate of drug-likeness (QED) is 0.296. The fourth-order valence-corrected chi connectivity index (χ4v) is 3.96. The maximum atomic E-state index is 13.1. The van der Waals surface area contributed by atoms with E-state index in [9.17, 15) is 9.59 Å². The topological polar surface area (TPSA) is 89.1 Å². The van der Waals surface area contributed by atoms with Crippen molar-refractivity contribution in [3.8, 4) is 17.2 Å². The van der Waals surface area contributed by atoms with Crippen LogP contribution in [0, 0.1) is 0 Å². The highest BCUT2D eigenvalue weighted by atomic mass is 32.1. The third kappa shape index (κ3) is 6.45. The lowest BCUT2D eigenvalue weighted by Crippen LogP contribution is -2.30. The summed E-state index contributed by atoms with van der Waals surface area (Å²) in [4.78, 5) is 26.8. The van der Waals surface area contributed by atoms with E-state index in [0.29, 0.717) is 47.3 Å². The summed E-state index contributed by atoms with van der Waals surface area (Å²) in [5.74, 6) is 1.04. The highest BCUT2D eigenvalue weighted by molar-refractivity contribution is 7.80. The molecule has 2 N–H and O–H groups in total. The molecule has 1 aliphatic heterocycles. The molecule has 0 saturated carbocycles. The van der Waals surface area contributed by atoms with Crippen LogP contribution in [0.25, 0.3) is 6.08 Å². The number of hydrogen-bond donors (Lipinski definition) is 2. The van der Waals surface area contributed by atoms with Crippen LogP contribution in [0.5, 0.6) is 17.2 Å². The predicted octanol–water partition coefficient (Wildman–Crippen LogP) is 4.76. The van der Waals surface area contributed by atoms with Crippen LogP contribution in [0.1, 0.15) is 19.4 Å². The third-order valence-corrected chi connectivity index (χ3v) is 5.56. The standard InChI is InChI=1S/C28H27N3O5S/c1-3-34-22-13-11-21(12-14-22)31-27(33)23(30-28(31)37)16-19-10-15-24(25(17-19)35-4-2)36-18-26(32)29-20-8-6-5-7-9-20/h5-17H,3-4,18H2,1-2H3,(H,29,32)(H,30,37)/b23-16+. The Morgan fingerprint density at radius 1 is 0.946 bits per heavy atom. The van der Waals surface area contributed by atoms with Gasteiger partial charge in [0.25, 0.3) is 11.8 Å². The molecular formula is C28H27N3O5S. The molecule has 0 aromatic heterocycles. The Bertz CT molecular complexity index is 1310. The maximum Gasteiger partial charge on any atom is 0.281 e. The van der Waals surface area contributed by atoms with Crippen LogP contribution in [0.15, 0.2) is 78.5 Å². The largest absolute Gasteiger partial charge is 0.494 e. The number of ether oxygens (including phenoxy) is 3. The second kappa shape index (κ2) is 12.0. The summed E-state index contributed by atoms with van der Waals surface area (Å²) in [6.07, 6.45) is 1.69. The molecule has 9 heteroatoms. The number of carbonyl (C=O) groups excluding carboxylic acids is 2. The van der Waals surface area contributed by atoms with E-state index >= 15 is 0 Å². The third-order valence-electron chi connectivity index (χ3n) is 5.28. The molecule has 0 spiro atoms. The van der Waals surface area contributed by atoms with Crippen molar-refractivity contribution in [3.63, 3.8) is 0 Å². The van der Waals surface area contributed by atoms with E-state index in [1.807, 2.05) is 32.0 Å². The van der Waals surface area contributed by atoms with Crippen LogP contribution in [-0.4, -0.2) is 36.7 Å². The van der Waals surface area contributed by atoms with Crippen LogP contribution in [0.4, 0.5) is 11.4 Å². The first kappa shape index (κ1) is 25.7. The minimum atomic E-state index is -0.288. The minimum Gasteiger partial charge on any atom is -0.494 e. The molecular weight excluding hydrogens is 490 g/mol. The SMILES string of the molecule is CCOc1ccc(N2C(=O)/C(=C\c3ccc(OCC(=O)Nc4ccccc4)c(OCC)c3)NC2=S)cc1. The van der Waals surface area contributed by atoms with E-state index in [0.717, 1.165) is 5.75 Å². The molecule has 190 valence electrons. The molecule has 3 aromatic carbocycles. The molecule has 2 amide bonds. The molecule has 1 aliphatic rings. The number of carbonyl (C=O) groups is 2. The number of hydrogen-bond acceptors (Lipinski definition) is 6. The Balaban J connectivity index is 1.46. The Kier molecular flexibility index (Phi) is 8.37. The van der Waals surface area contributed by atoms with E-state index in [1.54, 1.807) is 60.7 Å². The minimum absolute atomic E-state index is 0.180. The van der Waals surface area contributed by atoms with Gasteiger partial charge < -0.3 is 24.8 Å². The van der Waals surface area contributed by atoms with Crippen LogP contribution < -0.4 is 29.7 Å². The van der Waals surface area contributed by atoms with Gasteiger partial charge in [0.05, 0.1) is 18.9 Å². The van der Waals surface area contributed by atoms with E-state index in [4.69, 9.17) is 26.4 Å². The van der Waals surface area contributed by atoms with Gasteiger partial charge in [-0.15, -0.1) is 0 Å². The van der Waals surface area contributed by atoms with Gasteiger partial charge >= 0.3 is 0 Å². The van der Waals surface area contributed by atoms with Gasteiger partial charge in [-0.2, -0.15) is 0 Å². The Labute approximate surface area is 220 Å². The second-order valence-corrected chi connectivity index (χ2v) is 8.28. The number of para-hydroxylation sites is 1. The Morgan fingerprint density at radius 3 is 2.38 bits per heavy atom. The fraction of sp³-hybridized carbons (Fsp3) is 0.179. The first-order chi connectivity index (χ1) is 18.0. The van der Waals surface area contributed by atoms with Gasteiger partial charge in [-0.1, -0.05) is 24.3 Å². The average molecular weight is 518 g/mol. The van der Waals surface area contributed by atoms with E-state index in [1.165, 1.54) is 4.90 Å². The molecule has 37 heavy (non-hydrogen) atoms. The van der Waals surface area contributed by atoms with Crippen molar-refractivity contribution >= 4 is 46.6 Å². The van der Waals surface area contributed by atoms with Crippen molar-refractivity contribution in [3.05, 3.63) is 84.1 Å². The summed E-state index contributed by atoms with van der Waals surface area (Å²) in [6.45, 7) is 4.54. The fourth-order valence-electron chi connectivity index (χ4n) is 3.66. The molecule has 4 rings (SSSR count). The summed E-state index contributed by atoms with van der Waals surface area (Å²) in [6, 6.07) is 21.5. The molecule has 8 nitrogen and oxygen atoms in total.